The molecule has 0 bridgehead atoms. The quantitative estimate of drug-likeness (QED) is 0.782. The van der Waals surface area contributed by atoms with E-state index in [1.54, 1.807) is 7.05 Å². The van der Waals surface area contributed by atoms with Gasteiger partial charge in [0.05, 0.1) is 0 Å². The zero-order valence-corrected chi connectivity index (χ0v) is 10.2. The summed E-state index contributed by atoms with van der Waals surface area (Å²) in [5.41, 5.74) is 1.28. The average molecular weight is 219 g/mol. The summed E-state index contributed by atoms with van der Waals surface area (Å²) in [6, 6.07) is 10.3. The maximum absolute atomic E-state index is 11.4. The van der Waals surface area contributed by atoms with E-state index in [9.17, 15) is 4.79 Å². The molecule has 16 heavy (non-hydrogen) atoms. The van der Waals surface area contributed by atoms with Crippen LogP contribution in [-0.2, 0) is 4.79 Å². The van der Waals surface area contributed by atoms with Crippen LogP contribution >= 0.6 is 0 Å². The summed E-state index contributed by atoms with van der Waals surface area (Å²) >= 11 is 0. The van der Waals surface area contributed by atoms with Crippen molar-refractivity contribution in [2.45, 2.75) is 38.5 Å². The predicted octanol–water partition coefficient (Wildman–Crippen LogP) is 3.10. The topological polar surface area (TPSA) is 29.1 Å². The molecule has 1 aromatic rings. The fourth-order valence-electron chi connectivity index (χ4n) is 1.89. The first-order valence-electron chi connectivity index (χ1n) is 6.03. The summed E-state index contributed by atoms with van der Waals surface area (Å²) in [5.74, 6) is 0.492. The van der Waals surface area contributed by atoms with Gasteiger partial charge in [-0.05, 0) is 17.9 Å². The van der Waals surface area contributed by atoms with Gasteiger partial charge in [-0.3, -0.25) is 4.79 Å². The monoisotopic (exact) mass is 219 g/mol. The van der Waals surface area contributed by atoms with E-state index in [1.807, 2.05) is 18.2 Å². The lowest BCUT2D eigenvalue weighted by Gasteiger charge is -2.16. The van der Waals surface area contributed by atoms with E-state index in [-0.39, 0.29) is 5.91 Å². The van der Waals surface area contributed by atoms with Gasteiger partial charge in [0.1, 0.15) is 0 Å². The van der Waals surface area contributed by atoms with Crippen LogP contribution in [0.25, 0.3) is 0 Å². The van der Waals surface area contributed by atoms with Gasteiger partial charge in [0.2, 0.25) is 5.91 Å². The van der Waals surface area contributed by atoms with Crippen LogP contribution in [0.15, 0.2) is 30.3 Å². The van der Waals surface area contributed by atoms with E-state index in [1.165, 1.54) is 18.4 Å². The van der Waals surface area contributed by atoms with Gasteiger partial charge >= 0.3 is 0 Å². The molecule has 1 rings (SSSR count). The van der Waals surface area contributed by atoms with Gasteiger partial charge < -0.3 is 5.32 Å². The Bertz CT molecular complexity index is 308. The molecule has 2 nitrogen and oxygen atoms in total. The lowest BCUT2D eigenvalue weighted by molar-refractivity contribution is -0.121. The highest BCUT2D eigenvalue weighted by atomic mass is 16.1. The van der Waals surface area contributed by atoms with Crippen LogP contribution in [0.4, 0.5) is 0 Å². The minimum Gasteiger partial charge on any atom is -0.359 e. The summed E-state index contributed by atoms with van der Waals surface area (Å²) in [6.45, 7) is 2.18. The van der Waals surface area contributed by atoms with Gasteiger partial charge in [0.25, 0.3) is 0 Å². The number of nitrogens with one attached hydrogen (secondary N) is 1. The third-order valence-electron chi connectivity index (χ3n) is 2.89. The molecule has 0 saturated heterocycles. The normalized spacial score (nSPS) is 12.1. The molecule has 1 amide bonds. The minimum atomic E-state index is 0.130. The molecule has 1 unspecified atom stereocenters. The second-order valence-electron chi connectivity index (χ2n) is 4.13. The second-order valence-corrected chi connectivity index (χ2v) is 4.13. The number of hydrogen-bond donors (Lipinski definition) is 1. The molecule has 2 heteroatoms. The van der Waals surface area contributed by atoms with E-state index in [4.69, 9.17) is 0 Å². The smallest absolute Gasteiger partial charge is 0.220 e. The number of amides is 1. The Morgan fingerprint density at radius 2 is 2.00 bits per heavy atom. The van der Waals surface area contributed by atoms with Gasteiger partial charge in [-0.15, -0.1) is 0 Å². The fourth-order valence-corrected chi connectivity index (χ4v) is 1.89. The van der Waals surface area contributed by atoms with E-state index in [2.05, 4.69) is 24.4 Å². The minimum absolute atomic E-state index is 0.130. The van der Waals surface area contributed by atoms with Crippen molar-refractivity contribution in [3.05, 3.63) is 35.9 Å². The lowest BCUT2D eigenvalue weighted by atomic mass is 9.90. The van der Waals surface area contributed by atoms with Crippen LogP contribution in [0, 0.1) is 0 Å². The van der Waals surface area contributed by atoms with Crippen LogP contribution in [0.3, 0.4) is 0 Å². The maximum atomic E-state index is 11.4. The van der Waals surface area contributed by atoms with Gasteiger partial charge in [-0.1, -0.05) is 50.1 Å². The highest BCUT2D eigenvalue weighted by Gasteiger charge is 2.14. The summed E-state index contributed by atoms with van der Waals surface area (Å²) in [7, 11) is 1.70. The van der Waals surface area contributed by atoms with Crippen molar-refractivity contribution in [1.29, 1.82) is 0 Å². The van der Waals surface area contributed by atoms with Crippen molar-refractivity contribution in [3.8, 4) is 0 Å². The van der Waals surface area contributed by atoms with Crippen molar-refractivity contribution >= 4 is 5.91 Å². The Morgan fingerprint density at radius 1 is 1.31 bits per heavy atom. The first-order chi connectivity index (χ1) is 7.77. The van der Waals surface area contributed by atoms with Gasteiger partial charge in [0.15, 0.2) is 0 Å². The van der Waals surface area contributed by atoms with Crippen molar-refractivity contribution in [1.82, 2.24) is 5.32 Å². The Labute approximate surface area is 98.1 Å². The number of hydrogen-bond acceptors (Lipinski definition) is 1. The maximum Gasteiger partial charge on any atom is 0.220 e. The van der Waals surface area contributed by atoms with Gasteiger partial charge in [0, 0.05) is 13.5 Å². The molecule has 0 aliphatic carbocycles. The van der Waals surface area contributed by atoms with Gasteiger partial charge in [-0.2, -0.15) is 0 Å². The largest absolute Gasteiger partial charge is 0.359 e. The number of benzene rings is 1. The Morgan fingerprint density at radius 3 is 2.56 bits per heavy atom. The van der Waals surface area contributed by atoms with Crippen molar-refractivity contribution < 1.29 is 4.79 Å². The van der Waals surface area contributed by atoms with Crippen LogP contribution in [0.5, 0.6) is 0 Å². The lowest BCUT2D eigenvalue weighted by Crippen LogP contribution is -2.20. The Hall–Kier alpha value is -1.31. The van der Waals surface area contributed by atoms with Crippen LogP contribution in [-0.4, -0.2) is 13.0 Å². The first-order valence-corrected chi connectivity index (χ1v) is 6.03. The molecule has 1 N–H and O–H groups in total. The number of rotatable bonds is 6. The molecule has 0 heterocycles. The SMILES string of the molecule is CCCCC(CC(=O)NC)c1ccccc1. The zero-order chi connectivity index (χ0) is 11.8. The second kappa shape index (κ2) is 7.04. The Kier molecular flexibility index (Phi) is 5.62. The first kappa shape index (κ1) is 12.8. The van der Waals surface area contributed by atoms with Crippen LogP contribution in [0.1, 0.15) is 44.1 Å². The molecular formula is C14H21NO. The number of carbonyl (C=O) groups excluding carboxylic acids is 1. The van der Waals surface area contributed by atoms with E-state index in [0.29, 0.717) is 12.3 Å². The van der Waals surface area contributed by atoms with Crippen molar-refractivity contribution in [3.63, 3.8) is 0 Å². The average Bonchev–Trinajstić information content (AvgIpc) is 2.35. The number of carbonyl (C=O) groups is 1. The summed E-state index contributed by atoms with van der Waals surface area (Å²) in [6.07, 6.45) is 4.04. The Balaban J connectivity index is 2.67. The molecule has 0 aliphatic rings. The summed E-state index contributed by atoms with van der Waals surface area (Å²) in [5, 5.41) is 2.70. The third kappa shape index (κ3) is 4.05. The number of unbranched alkanes of at least 4 members (excludes halogenated alkanes) is 1. The molecule has 0 radical (unpaired) electrons. The predicted molar refractivity (Wildman–Crippen MR) is 67.4 cm³/mol. The van der Waals surface area contributed by atoms with Crippen molar-refractivity contribution in [2.75, 3.05) is 7.05 Å². The van der Waals surface area contributed by atoms with Crippen molar-refractivity contribution in [2.24, 2.45) is 0 Å². The molecule has 0 saturated carbocycles. The zero-order valence-electron chi connectivity index (χ0n) is 10.2. The van der Waals surface area contributed by atoms with E-state index in [0.717, 1.165) is 6.42 Å². The summed E-state index contributed by atoms with van der Waals surface area (Å²) < 4.78 is 0. The van der Waals surface area contributed by atoms with Crippen LogP contribution < -0.4 is 5.32 Å². The molecule has 0 fully saturated rings. The third-order valence-corrected chi connectivity index (χ3v) is 2.89. The highest BCUT2D eigenvalue weighted by Crippen LogP contribution is 2.25. The molecule has 0 spiro atoms. The standard InChI is InChI=1S/C14H21NO/c1-3-4-8-13(11-14(16)15-2)12-9-6-5-7-10-12/h5-7,9-10,13H,3-4,8,11H2,1-2H3,(H,15,16). The van der Waals surface area contributed by atoms with Crippen LogP contribution in [0.2, 0.25) is 0 Å². The molecule has 88 valence electrons. The van der Waals surface area contributed by atoms with E-state index < -0.39 is 0 Å². The van der Waals surface area contributed by atoms with E-state index >= 15 is 0 Å². The molecular weight excluding hydrogens is 198 g/mol. The summed E-state index contributed by atoms with van der Waals surface area (Å²) in [4.78, 5) is 11.4. The van der Waals surface area contributed by atoms with Gasteiger partial charge in [-0.25, -0.2) is 0 Å². The fraction of sp³-hybridized carbons (Fsp3) is 0.500. The molecule has 1 atom stereocenters. The molecule has 1 aromatic carbocycles. The molecule has 0 aromatic heterocycles. The highest BCUT2D eigenvalue weighted by molar-refractivity contribution is 5.76. The molecule has 0 aliphatic heterocycles.